The molecule has 2 nitrogen and oxygen atoms in total. The Morgan fingerprint density at radius 3 is 2.37 bits per heavy atom. The van der Waals surface area contributed by atoms with Gasteiger partial charge < -0.3 is 4.74 Å². The van der Waals surface area contributed by atoms with Gasteiger partial charge >= 0.3 is 5.97 Å². The van der Waals surface area contributed by atoms with Gasteiger partial charge in [0.2, 0.25) is 0 Å². The third-order valence-corrected chi connectivity index (χ3v) is 3.08. The van der Waals surface area contributed by atoms with Gasteiger partial charge in [-0.05, 0) is 23.6 Å². The van der Waals surface area contributed by atoms with Crippen LogP contribution in [0.1, 0.15) is 31.9 Å². The van der Waals surface area contributed by atoms with Crippen molar-refractivity contribution in [3.8, 4) is 11.1 Å². The Bertz CT molecular complexity index is 546. The van der Waals surface area contributed by atoms with E-state index in [4.69, 9.17) is 4.74 Å². The Labute approximate surface area is 114 Å². The summed E-state index contributed by atoms with van der Waals surface area (Å²) >= 11 is 0. The number of carbonyl (C=O) groups excluding carboxylic acids is 1. The van der Waals surface area contributed by atoms with Gasteiger partial charge in [-0.3, -0.25) is 4.79 Å². The Morgan fingerprint density at radius 2 is 1.68 bits per heavy atom. The van der Waals surface area contributed by atoms with E-state index >= 15 is 0 Å². The number of benzene rings is 2. The number of carbonyl (C=O) groups is 1. The minimum Gasteiger partial charge on any atom is -0.458 e. The van der Waals surface area contributed by atoms with Crippen LogP contribution < -0.4 is 0 Å². The zero-order valence-electron chi connectivity index (χ0n) is 11.3. The van der Waals surface area contributed by atoms with Crippen molar-refractivity contribution in [2.75, 3.05) is 0 Å². The Hall–Kier alpha value is -2.09. The van der Waals surface area contributed by atoms with E-state index in [0.29, 0.717) is 6.42 Å². The van der Waals surface area contributed by atoms with Gasteiger partial charge in [-0.1, -0.05) is 61.5 Å². The lowest BCUT2D eigenvalue weighted by atomic mass is 9.97. The minimum absolute atomic E-state index is 0.171. The van der Waals surface area contributed by atoms with E-state index in [1.165, 1.54) is 0 Å². The summed E-state index contributed by atoms with van der Waals surface area (Å²) in [7, 11) is 0. The highest BCUT2D eigenvalue weighted by molar-refractivity contribution is 5.71. The summed E-state index contributed by atoms with van der Waals surface area (Å²) < 4.78 is 5.41. The van der Waals surface area contributed by atoms with E-state index in [2.05, 4.69) is 18.2 Å². The van der Waals surface area contributed by atoms with Gasteiger partial charge in [0.1, 0.15) is 6.10 Å². The third kappa shape index (κ3) is 3.22. The van der Waals surface area contributed by atoms with Gasteiger partial charge in [0, 0.05) is 6.42 Å². The monoisotopic (exact) mass is 254 g/mol. The molecule has 1 atom stereocenters. The van der Waals surface area contributed by atoms with Crippen LogP contribution in [0.25, 0.3) is 11.1 Å². The zero-order chi connectivity index (χ0) is 13.7. The van der Waals surface area contributed by atoms with E-state index in [1.54, 1.807) is 6.92 Å². The summed E-state index contributed by atoms with van der Waals surface area (Å²) in [5.74, 6) is -0.171. The predicted octanol–water partition coefficient (Wildman–Crippen LogP) is 4.37. The number of hydrogen-bond acceptors (Lipinski definition) is 2. The molecule has 2 aromatic rings. The molecule has 0 saturated heterocycles. The SMILES string of the molecule is CCC(=O)OC(C)c1ccccc1-c1ccccc1. The molecule has 0 amide bonds. The van der Waals surface area contributed by atoms with E-state index in [-0.39, 0.29) is 12.1 Å². The minimum atomic E-state index is -0.233. The van der Waals surface area contributed by atoms with E-state index in [9.17, 15) is 4.79 Å². The Morgan fingerprint density at radius 1 is 1.05 bits per heavy atom. The molecule has 2 aromatic carbocycles. The average molecular weight is 254 g/mol. The number of ether oxygens (including phenoxy) is 1. The number of esters is 1. The van der Waals surface area contributed by atoms with E-state index < -0.39 is 0 Å². The van der Waals surface area contributed by atoms with Gasteiger partial charge in [0.05, 0.1) is 0 Å². The number of rotatable bonds is 4. The van der Waals surface area contributed by atoms with Crippen LogP contribution in [-0.4, -0.2) is 5.97 Å². The first-order chi connectivity index (χ1) is 9.22. The van der Waals surface area contributed by atoms with Crippen LogP contribution in [0.15, 0.2) is 54.6 Å². The average Bonchev–Trinajstić information content (AvgIpc) is 2.48. The van der Waals surface area contributed by atoms with Crippen LogP contribution in [0.5, 0.6) is 0 Å². The largest absolute Gasteiger partial charge is 0.458 e. The fourth-order valence-electron chi connectivity index (χ4n) is 2.08. The molecule has 0 aliphatic heterocycles. The Balaban J connectivity index is 2.34. The molecule has 19 heavy (non-hydrogen) atoms. The maximum absolute atomic E-state index is 11.4. The van der Waals surface area contributed by atoms with Crippen molar-refractivity contribution in [1.29, 1.82) is 0 Å². The molecule has 0 aliphatic rings. The molecule has 2 rings (SSSR count). The van der Waals surface area contributed by atoms with Crippen molar-refractivity contribution in [2.24, 2.45) is 0 Å². The molecule has 0 spiro atoms. The molecule has 0 radical (unpaired) electrons. The molecule has 0 aromatic heterocycles. The standard InChI is InChI=1S/C17H18O2/c1-3-17(18)19-13(2)15-11-7-8-12-16(15)14-9-5-4-6-10-14/h4-13H,3H2,1-2H3. The third-order valence-electron chi connectivity index (χ3n) is 3.08. The van der Waals surface area contributed by atoms with E-state index in [1.807, 2.05) is 43.3 Å². The zero-order valence-corrected chi connectivity index (χ0v) is 11.3. The summed E-state index contributed by atoms with van der Waals surface area (Å²) in [4.78, 5) is 11.4. The van der Waals surface area contributed by atoms with Crippen LogP contribution in [0.4, 0.5) is 0 Å². The molecule has 2 heteroatoms. The van der Waals surface area contributed by atoms with Crippen molar-refractivity contribution in [3.63, 3.8) is 0 Å². The first-order valence-corrected chi connectivity index (χ1v) is 6.56. The second-order valence-corrected chi connectivity index (χ2v) is 4.44. The molecule has 98 valence electrons. The molecular formula is C17H18O2. The second kappa shape index (κ2) is 6.19. The summed E-state index contributed by atoms with van der Waals surface area (Å²) in [5, 5.41) is 0. The maximum atomic E-state index is 11.4. The molecule has 1 unspecified atom stereocenters. The van der Waals surface area contributed by atoms with Crippen molar-refractivity contribution in [2.45, 2.75) is 26.4 Å². The highest BCUT2D eigenvalue weighted by Gasteiger charge is 2.14. The van der Waals surface area contributed by atoms with Crippen LogP contribution >= 0.6 is 0 Å². The lowest BCUT2D eigenvalue weighted by Crippen LogP contribution is -2.08. The Kier molecular flexibility index (Phi) is 4.35. The highest BCUT2D eigenvalue weighted by Crippen LogP contribution is 2.29. The predicted molar refractivity (Wildman–Crippen MR) is 76.7 cm³/mol. The molecule has 0 fully saturated rings. The van der Waals surface area contributed by atoms with Crippen LogP contribution in [-0.2, 0) is 9.53 Å². The molecule has 0 aliphatic carbocycles. The fraction of sp³-hybridized carbons (Fsp3) is 0.235. The summed E-state index contributed by atoms with van der Waals surface area (Å²) in [6.07, 6.45) is 0.168. The van der Waals surface area contributed by atoms with Crippen molar-refractivity contribution < 1.29 is 9.53 Å². The van der Waals surface area contributed by atoms with Crippen LogP contribution in [0.2, 0.25) is 0 Å². The molecule has 0 bridgehead atoms. The summed E-state index contributed by atoms with van der Waals surface area (Å²) in [5.41, 5.74) is 3.28. The quantitative estimate of drug-likeness (QED) is 0.757. The van der Waals surface area contributed by atoms with Gasteiger partial charge in [-0.15, -0.1) is 0 Å². The van der Waals surface area contributed by atoms with Crippen LogP contribution in [0.3, 0.4) is 0 Å². The van der Waals surface area contributed by atoms with Crippen molar-refractivity contribution in [1.82, 2.24) is 0 Å². The fourth-order valence-corrected chi connectivity index (χ4v) is 2.08. The summed E-state index contributed by atoms with van der Waals surface area (Å²) in [6.45, 7) is 3.72. The van der Waals surface area contributed by atoms with Crippen LogP contribution in [0, 0.1) is 0 Å². The second-order valence-electron chi connectivity index (χ2n) is 4.44. The van der Waals surface area contributed by atoms with Gasteiger partial charge in [-0.2, -0.15) is 0 Å². The maximum Gasteiger partial charge on any atom is 0.306 e. The molecule has 0 N–H and O–H groups in total. The van der Waals surface area contributed by atoms with E-state index in [0.717, 1.165) is 16.7 Å². The molecular weight excluding hydrogens is 236 g/mol. The van der Waals surface area contributed by atoms with Crippen molar-refractivity contribution in [3.05, 3.63) is 60.2 Å². The van der Waals surface area contributed by atoms with Gasteiger partial charge in [0.25, 0.3) is 0 Å². The number of hydrogen-bond donors (Lipinski definition) is 0. The van der Waals surface area contributed by atoms with Gasteiger partial charge in [0.15, 0.2) is 0 Å². The van der Waals surface area contributed by atoms with Gasteiger partial charge in [-0.25, -0.2) is 0 Å². The summed E-state index contributed by atoms with van der Waals surface area (Å²) in [6, 6.07) is 18.2. The highest BCUT2D eigenvalue weighted by atomic mass is 16.5. The lowest BCUT2D eigenvalue weighted by molar-refractivity contribution is -0.148. The lowest BCUT2D eigenvalue weighted by Gasteiger charge is -2.17. The molecule has 0 heterocycles. The molecule has 0 saturated carbocycles. The first kappa shape index (κ1) is 13.3. The smallest absolute Gasteiger partial charge is 0.306 e. The topological polar surface area (TPSA) is 26.3 Å². The van der Waals surface area contributed by atoms with Crippen molar-refractivity contribution >= 4 is 5.97 Å². The normalized spacial score (nSPS) is 11.9. The first-order valence-electron chi connectivity index (χ1n) is 6.56.